The summed E-state index contributed by atoms with van der Waals surface area (Å²) in [6.45, 7) is 3.91. The van der Waals surface area contributed by atoms with E-state index in [1.807, 2.05) is 0 Å². The molecule has 2 aromatic rings. The van der Waals surface area contributed by atoms with Crippen LogP contribution < -0.4 is 5.73 Å². The quantitative estimate of drug-likeness (QED) is 0.874. The lowest BCUT2D eigenvalue weighted by Gasteiger charge is -2.07. The Morgan fingerprint density at radius 1 is 1.41 bits per heavy atom. The summed E-state index contributed by atoms with van der Waals surface area (Å²) >= 11 is 0. The highest BCUT2D eigenvalue weighted by atomic mass is 15.1. The Labute approximate surface area is 102 Å². The normalized spacial score (nSPS) is 15.6. The Bertz CT molecular complexity index is 538. The van der Waals surface area contributed by atoms with Crippen LogP contribution in [0.3, 0.4) is 0 Å². The van der Waals surface area contributed by atoms with Crippen molar-refractivity contribution in [2.75, 3.05) is 6.54 Å². The van der Waals surface area contributed by atoms with E-state index in [0.717, 1.165) is 30.2 Å². The van der Waals surface area contributed by atoms with Gasteiger partial charge in [0.05, 0.1) is 11.0 Å². The largest absolute Gasteiger partial charge is 0.330 e. The van der Waals surface area contributed by atoms with Crippen molar-refractivity contribution in [3.63, 3.8) is 0 Å². The molecule has 0 atom stereocenters. The van der Waals surface area contributed by atoms with Gasteiger partial charge in [0.15, 0.2) is 0 Å². The smallest absolute Gasteiger partial charge is 0.111 e. The number of aromatic nitrogens is 2. The number of hydrogen-bond acceptors (Lipinski definition) is 2. The van der Waals surface area contributed by atoms with Gasteiger partial charge in [0.25, 0.3) is 0 Å². The van der Waals surface area contributed by atoms with E-state index < -0.39 is 0 Å². The molecule has 1 aromatic carbocycles. The van der Waals surface area contributed by atoms with Gasteiger partial charge in [-0.25, -0.2) is 4.98 Å². The summed E-state index contributed by atoms with van der Waals surface area (Å²) in [5.74, 6) is 2.02. The zero-order valence-electron chi connectivity index (χ0n) is 10.3. The number of nitrogens with zero attached hydrogens (tertiary/aromatic N) is 2. The fourth-order valence-corrected chi connectivity index (χ4v) is 2.37. The van der Waals surface area contributed by atoms with Crippen LogP contribution >= 0.6 is 0 Å². The van der Waals surface area contributed by atoms with Gasteiger partial charge in [0.2, 0.25) is 0 Å². The maximum Gasteiger partial charge on any atom is 0.111 e. The Morgan fingerprint density at radius 2 is 2.24 bits per heavy atom. The summed E-state index contributed by atoms with van der Waals surface area (Å²) in [5.41, 5.74) is 9.33. The van der Waals surface area contributed by atoms with Gasteiger partial charge in [-0.2, -0.15) is 0 Å². The predicted molar refractivity (Wildman–Crippen MR) is 70.0 cm³/mol. The number of nitrogens with two attached hydrogens (primary N) is 1. The van der Waals surface area contributed by atoms with Gasteiger partial charge >= 0.3 is 0 Å². The predicted octanol–water partition coefficient (Wildman–Crippen LogP) is 2.26. The van der Waals surface area contributed by atoms with Gasteiger partial charge in [0, 0.05) is 13.0 Å². The summed E-state index contributed by atoms with van der Waals surface area (Å²) in [4.78, 5) is 4.73. The van der Waals surface area contributed by atoms with E-state index in [1.165, 1.54) is 23.9 Å². The third kappa shape index (κ3) is 2.07. The molecule has 0 amide bonds. The van der Waals surface area contributed by atoms with Crippen LogP contribution in [0.2, 0.25) is 0 Å². The van der Waals surface area contributed by atoms with Crippen LogP contribution in [-0.2, 0) is 13.0 Å². The number of fused-ring (bicyclic) bond motifs is 1. The van der Waals surface area contributed by atoms with Crippen molar-refractivity contribution in [1.29, 1.82) is 0 Å². The van der Waals surface area contributed by atoms with Crippen molar-refractivity contribution < 1.29 is 0 Å². The first kappa shape index (κ1) is 10.8. The van der Waals surface area contributed by atoms with E-state index in [0.29, 0.717) is 6.54 Å². The molecule has 1 fully saturated rings. The maximum absolute atomic E-state index is 5.67. The fourth-order valence-electron chi connectivity index (χ4n) is 2.37. The van der Waals surface area contributed by atoms with Crippen LogP contribution in [-0.4, -0.2) is 16.1 Å². The first-order chi connectivity index (χ1) is 8.28. The van der Waals surface area contributed by atoms with Crippen molar-refractivity contribution >= 4 is 11.0 Å². The molecule has 90 valence electrons. The maximum atomic E-state index is 5.67. The van der Waals surface area contributed by atoms with Gasteiger partial charge in [-0.1, -0.05) is 6.07 Å². The molecule has 0 saturated heterocycles. The van der Waals surface area contributed by atoms with Crippen molar-refractivity contribution in [2.45, 2.75) is 32.7 Å². The molecule has 1 aliphatic rings. The van der Waals surface area contributed by atoms with E-state index >= 15 is 0 Å². The molecule has 0 aliphatic heterocycles. The first-order valence-electron chi connectivity index (χ1n) is 6.44. The molecule has 3 rings (SSSR count). The number of imidazole rings is 1. The topological polar surface area (TPSA) is 43.8 Å². The Kier molecular flexibility index (Phi) is 2.63. The Morgan fingerprint density at radius 3 is 2.94 bits per heavy atom. The zero-order chi connectivity index (χ0) is 11.8. The molecule has 1 heterocycles. The molecule has 1 aromatic heterocycles. The van der Waals surface area contributed by atoms with E-state index in [9.17, 15) is 0 Å². The van der Waals surface area contributed by atoms with Crippen LogP contribution in [0.25, 0.3) is 11.0 Å². The number of benzene rings is 1. The lowest BCUT2D eigenvalue weighted by atomic mass is 10.2. The van der Waals surface area contributed by atoms with Crippen LogP contribution in [0.15, 0.2) is 18.2 Å². The van der Waals surface area contributed by atoms with Crippen molar-refractivity contribution in [1.82, 2.24) is 9.55 Å². The second-order valence-electron chi connectivity index (χ2n) is 5.11. The van der Waals surface area contributed by atoms with Crippen molar-refractivity contribution in [2.24, 2.45) is 11.7 Å². The van der Waals surface area contributed by atoms with Crippen LogP contribution in [0.1, 0.15) is 24.2 Å². The van der Waals surface area contributed by atoms with Crippen LogP contribution in [0.4, 0.5) is 0 Å². The molecule has 17 heavy (non-hydrogen) atoms. The van der Waals surface area contributed by atoms with E-state index in [1.54, 1.807) is 0 Å². The highest BCUT2D eigenvalue weighted by Gasteiger charge is 2.23. The highest BCUT2D eigenvalue weighted by molar-refractivity contribution is 5.76. The van der Waals surface area contributed by atoms with Crippen LogP contribution in [0, 0.1) is 12.8 Å². The average molecular weight is 229 g/mol. The minimum atomic E-state index is 0.674. The summed E-state index contributed by atoms with van der Waals surface area (Å²) in [7, 11) is 0. The third-order valence-electron chi connectivity index (χ3n) is 3.49. The SMILES string of the molecule is Cc1ccc2c(c1)nc(CCN)n2CC1CC1. The van der Waals surface area contributed by atoms with E-state index in [-0.39, 0.29) is 0 Å². The fraction of sp³-hybridized carbons (Fsp3) is 0.500. The second kappa shape index (κ2) is 4.15. The Balaban J connectivity index is 2.08. The molecule has 0 bridgehead atoms. The molecule has 1 aliphatic carbocycles. The summed E-state index contributed by atoms with van der Waals surface area (Å²) in [6.07, 6.45) is 3.61. The molecule has 0 radical (unpaired) electrons. The molecule has 0 unspecified atom stereocenters. The first-order valence-corrected chi connectivity index (χ1v) is 6.44. The molecule has 1 saturated carbocycles. The molecule has 3 heteroatoms. The number of rotatable bonds is 4. The lowest BCUT2D eigenvalue weighted by Crippen LogP contribution is -2.11. The van der Waals surface area contributed by atoms with Crippen molar-refractivity contribution in [3.05, 3.63) is 29.6 Å². The molecule has 0 spiro atoms. The summed E-state index contributed by atoms with van der Waals surface area (Å²) in [6, 6.07) is 6.53. The van der Waals surface area contributed by atoms with Crippen molar-refractivity contribution in [3.8, 4) is 0 Å². The van der Waals surface area contributed by atoms with Gasteiger partial charge in [-0.15, -0.1) is 0 Å². The summed E-state index contributed by atoms with van der Waals surface area (Å²) in [5, 5.41) is 0. The minimum Gasteiger partial charge on any atom is -0.330 e. The van der Waals surface area contributed by atoms with Gasteiger partial charge in [-0.05, 0) is 49.9 Å². The van der Waals surface area contributed by atoms with Gasteiger partial charge in [0.1, 0.15) is 5.82 Å². The molecular weight excluding hydrogens is 210 g/mol. The Hall–Kier alpha value is -1.35. The monoisotopic (exact) mass is 229 g/mol. The summed E-state index contributed by atoms with van der Waals surface area (Å²) < 4.78 is 2.37. The van der Waals surface area contributed by atoms with Crippen LogP contribution in [0.5, 0.6) is 0 Å². The molecular formula is C14H19N3. The van der Waals surface area contributed by atoms with Gasteiger partial charge in [-0.3, -0.25) is 0 Å². The zero-order valence-corrected chi connectivity index (χ0v) is 10.3. The van der Waals surface area contributed by atoms with E-state index in [4.69, 9.17) is 10.7 Å². The lowest BCUT2D eigenvalue weighted by molar-refractivity contribution is 0.609. The van der Waals surface area contributed by atoms with Gasteiger partial charge < -0.3 is 10.3 Å². The second-order valence-corrected chi connectivity index (χ2v) is 5.11. The third-order valence-corrected chi connectivity index (χ3v) is 3.49. The highest BCUT2D eigenvalue weighted by Crippen LogP contribution is 2.32. The van der Waals surface area contributed by atoms with E-state index in [2.05, 4.69) is 29.7 Å². The average Bonchev–Trinajstić information content (AvgIpc) is 3.04. The number of aryl methyl sites for hydroxylation is 1. The molecule has 2 N–H and O–H groups in total. The minimum absolute atomic E-state index is 0.674. The standard InChI is InChI=1S/C14H19N3/c1-10-2-5-13-12(8-10)16-14(6-7-15)17(13)9-11-3-4-11/h2,5,8,11H,3-4,6-7,9,15H2,1H3. The number of hydrogen-bond donors (Lipinski definition) is 1. The molecule has 3 nitrogen and oxygen atoms in total.